The van der Waals surface area contributed by atoms with Gasteiger partial charge < -0.3 is 15.1 Å². The highest BCUT2D eigenvalue weighted by atomic mass is 16.2. The van der Waals surface area contributed by atoms with E-state index in [0.29, 0.717) is 5.95 Å². The van der Waals surface area contributed by atoms with Crippen LogP contribution in [0.1, 0.15) is 25.5 Å². The molecule has 1 N–H and O–H groups in total. The van der Waals surface area contributed by atoms with Crippen molar-refractivity contribution < 1.29 is 4.79 Å². The molecule has 1 aliphatic rings. The molecule has 0 aliphatic carbocycles. The second-order valence-corrected chi connectivity index (χ2v) is 6.01. The summed E-state index contributed by atoms with van der Waals surface area (Å²) in [4.78, 5) is 24.4. The van der Waals surface area contributed by atoms with Gasteiger partial charge in [0.05, 0.1) is 0 Å². The molecule has 0 bridgehead atoms. The first-order valence-electron chi connectivity index (χ1n) is 8.28. The van der Waals surface area contributed by atoms with Crippen LogP contribution in [0.4, 0.5) is 11.8 Å². The standard InChI is InChI=1S/C18H23N5O/c1-14(16-6-4-3-5-7-16)20-17-8-9-19-18(21-17)23-12-10-22(11-13-23)15(2)24/h3-9,14H,10-13H2,1-2H3,(H,19,20,21). The predicted octanol–water partition coefficient (Wildman–Crippen LogP) is 2.32. The lowest BCUT2D eigenvalue weighted by molar-refractivity contribution is -0.129. The summed E-state index contributed by atoms with van der Waals surface area (Å²) in [5, 5.41) is 3.42. The number of carbonyl (C=O) groups excluding carboxylic acids is 1. The molecule has 6 nitrogen and oxygen atoms in total. The minimum absolute atomic E-state index is 0.127. The lowest BCUT2D eigenvalue weighted by Crippen LogP contribution is -2.48. The van der Waals surface area contributed by atoms with Crippen LogP contribution >= 0.6 is 0 Å². The number of rotatable bonds is 4. The fourth-order valence-corrected chi connectivity index (χ4v) is 2.85. The zero-order valence-electron chi connectivity index (χ0n) is 14.1. The van der Waals surface area contributed by atoms with Gasteiger partial charge in [0.2, 0.25) is 11.9 Å². The van der Waals surface area contributed by atoms with Gasteiger partial charge in [0.1, 0.15) is 5.82 Å². The minimum Gasteiger partial charge on any atom is -0.363 e. The summed E-state index contributed by atoms with van der Waals surface area (Å²) in [6.45, 7) is 6.69. The quantitative estimate of drug-likeness (QED) is 0.935. The number of anilines is 2. The van der Waals surface area contributed by atoms with Gasteiger partial charge in [-0.15, -0.1) is 0 Å². The van der Waals surface area contributed by atoms with Gasteiger partial charge in [-0.2, -0.15) is 4.98 Å². The molecule has 126 valence electrons. The highest BCUT2D eigenvalue weighted by Gasteiger charge is 2.20. The van der Waals surface area contributed by atoms with E-state index < -0.39 is 0 Å². The van der Waals surface area contributed by atoms with Gasteiger partial charge in [-0.05, 0) is 18.6 Å². The van der Waals surface area contributed by atoms with E-state index in [9.17, 15) is 4.79 Å². The molecule has 1 aromatic heterocycles. The third-order valence-corrected chi connectivity index (χ3v) is 4.31. The molecule has 1 aliphatic heterocycles. The molecule has 0 radical (unpaired) electrons. The summed E-state index contributed by atoms with van der Waals surface area (Å²) in [5.41, 5.74) is 1.22. The highest BCUT2D eigenvalue weighted by Crippen LogP contribution is 2.19. The third-order valence-electron chi connectivity index (χ3n) is 4.31. The largest absolute Gasteiger partial charge is 0.363 e. The van der Waals surface area contributed by atoms with E-state index in [0.717, 1.165) is 32.0 Å². The van der Waals surface area contributed by atoms with Crippen molar-refractivity contribution >= 4 is 17.7 Å². The van der Waals surface area contributed by atoms with E-state index in [4.69, 9.17) is 0 Å². The minimum atomic E-state index is 0.127. The number of nitrogens with zero attached hydrogens (tertiary/aromatic N) is 4. The summed E-state index contributed by atoms with van der Waals surface area (Å²) in [7, 11) is 0. The Morgan fingerprint density at radius 1 is 1.12 bits per heavy atom. The highest BCUT2D eigenvalue weighted by molar-refractivity contribution is 5.73. The van der Waals surface area contributed by atoms with Gasteiger partial charge in [-0.1, -0.05) is 30.3 Å². The fraction of sp³-hybridized carbons (Fsp3) is 0.389. The van der Waals surface area contributed by atoms with Crippen LogP contribution in [0.25, 0.3) is 0 Å². The second kappa shape index (κ2) is 7.29. The molecule has 1 unspecified atom stereocenters. The number of benzene rings is 1. The molecule has 6 heteroatoms. The van der Waals surface area contributed by atoms with Crippen LogP contribution < -0.4 is 10.2 Å². The molecule has 24 heavy (non-hydrogen) atoms. The molecule has 1 aromatic carbocycles. The van der Waals surface area contributed by atoms with Gasteiger partial charge in [0, 0.05) is 45.3 Å². The van der Waals surface area contributed by atoms with E-state index in [1.165, 1.54) is 5.56 Å². The molecule has 1 amide bonds. The Balaban J connectivity index is 1.65. The summed E-state index contributed by atoms with van der Waals surface area (Å²) >= 11 is 0. The molecule has 0 spiro atoms. The first kappa shape index (κ1) is 16.2. The Bertz CT molecular complexity index is 683. The van der Waals surface area contributed by atoms with Crippen molar-refractivity contribution in [3.05, 3.63) is 48.2 Å². The average Bonchev–Trinajstić information content (AvgIpc) is 2.63. The van der Waals surface area contributed by atoms with Crippen LogP contribution in [0, 0.1) is 0 Å². The smallest absolute Gasteiger partial charge is 0.227 e. The maximum atomic E-state index is 11.4. The van der Waals surface area contributed by atoms with Crippen molar-refractivity contribution in [2.45, 2.75) is 19.9 Å². The molecule has 2 heterocycles. The Morgan fingerprint density at radius 3 is 2.50 bits per heavy atom. The van der Waals surface area contributed by atoms with E-state index in [1.54, 1.807) is 13.1 Å². The fourth-order valence-electron chi connectivity index (χ4n) is 2.85. The van der Waals surface area contributed by atoms with Crippen molar-refractivity contribution in [3.8, 4) is 0 Å². The molecular formula is C18H23N5O. The van der Waals surface area contributed by atoms with Crippen LogP contribution in [-0.2, 0) is 4.79 Å². The first-order chi connectivity index (χ1) is 11.6. The maximum absolute atomic E-state index is 11.4. The van der Waals surface area contributed by atoms with Crippen molar-refractivity contribution in [1.29, 1.82) is 0 Å². The van der Waals surface area contributed by atoms with Crippen LogP contribution in [-0.4, -0.2) is 47.0 Å². The molecule has 1 atom stereocenters. The average molecular weight is 325 g/mol. The topological polar surface area (TPSA) is 61.4 Å². The zero-order valence-corrected chi connectivity index (χ0v) is 14.1. The van der Waals surface area contributed by atoms with Crippen LogP contribution in [0.2, 0.25) is 0 Å². The van der Waals surface area contributed by atoms with Gasteiger partial charge in [0.15, 0.2) is 0 Å². The lowest BCUT2D eigenvalue weighted by atomic mass is 10.1. The first-order valence-corrected chi connectivity index (χ1v) is 8.28. The van der Waals surface area contributed by atoms with Gasteiger partial charge in [-0.25, -0.2) is 4.98 Å². The molecule has 1 saturated heterocycles. The van der Waals surface area contributed by atoms with Crippen LogP contribution in [0.15, 0.2) is 42.6 Å². The monoisotopic (exact) mass is 325 g/mol. The lowest BCUT2D eigenvalue weighted by Gasteiger charge is -2.34. The van der Waals surface area contributed by atoms with Gasteiger partial charge in [0.25, 0.3) is 0 Å². The number of amides is 1. The van der Waals surface area contributed by atoms with Crippen molar-refractivity contribution in [2.24, 2.45) is 0 Å². The van der Waals surface area contributed by atoms with E-state index >= 15 is 0 Å². The molecule has 2 aromatic rings. The Labute approximate surface area is 142 Å². The number of aromatic nitrogens is 2. The number of piperazine rings is 1. The van der Waals surface area contributed by atoms with E-state index in [1.807, 2.05) is 29.2 Å². The summed E-state index contributed by atoms with van der Waals surface area (Å²) in [5.74, 6) is 1.65. The molecule has 3 rings (SSSR count). The van der Waals surface area contributed by atoms with E-state index in [-0.39, 0.29) is 11.9 Å². The van der Waals surface area contributed by atoms with E-state index in [2.05, 4.69) is 39.2 Å². The molecular weight excluding hydrogens is 302 g/mol. The third kappa shape index (κ3) is 3.82. The number of hydrogen-bond donors (Lipinski definition) is 1. The Kier molecular flexibility index (Phi) is 4.93. The number of nitrogens with one attached hydrogen (secondary N) is 1. The van der Waals surface area contributed by atoms with Crippen molar-refractivity contribution in [1.82, 2.24) is 14.9 Å². The normalized spacial score (nSPS) is 15.9. The van der Waals surface area contributed by atoms with Crippen LogP contribution in [0.3, 0.4) is 0 Å². The Hall–Kier alpha value is -2.63. The number of carbonyl (C=O) groups is 1. The van der Waals surface area contributed by atoms with Crippen LogP contribution in [0.5, 0.6) is 0 Å². The summed E-state index contributed by atoms with van der Waals surface area (Å²) in [6, 6.07) is 12.3. The summed E-state index contributed by atoms with van der Waals surface area (Å²) < 4.78 is 0. The Morgan fingerprint density at radius 2 is 1.83 bits per heavy atom. The predicted molar refractivity (Wildman–Crippen MR) is 95.0 cm³/mol. The zero-order chi connectivity index (χ0) is 16.9. The van der Waals surface area contributed by atoms with Gasteiger partial charge >= 0.3 is 0 Å². The molecule has 0 saturated carbocycles. The summed E-state index contributed by atoms with van der Waals surface area (Å²) in [6.07, 6.45) is 1.78. The van der Waals surface area contributed by atoms with Crippen molar-refractivity contribution in [3.63, 3.8) is 0 Å². The van der Waals surface area contributed by atoms with Gasteiger partial charge in [-0.3, -0.25) is 4.79 Å². The number of hydrogen-bond acceptors (Lipinski definition) is 5. The SMILES string of the molecule is CC(=O)N1CCN(c2nccc(NC(C)c3ccccc3)n2)CC1. The maximum Gasteiger partial charge on any atom is 0.227 e. The van der Waals surface area contributed by atoms with Crippen molar-refractivity contribution in [2.75, 3.05) is 36.4 Å². The second-order valence-electron chi connectivity index (χ2n) is 6.01. The molecule has 1 fully saturated rings.